The first kappa shape index (κ1) is 15.0. The molecule has 1 unspecified atom stereocenters. The molecule has 0 radical (unpaired) electrons. The van der Waals surface area contributed by atoms with Crippen molar-refractivity contribution in [1.29, 1.82) is 0 Å². The highest BCUT2D eigenvalue weighted by atomic mass is 16.5. The molecule has 3 nitrogen and oxygen atoms in total. The third-order valence-corrected chi connectivity index (χ3v) is 3.22. The molecule has 0 bridgehead atoms. The molecule has 18 heavy (non-hydrogen) atoms. The van der Waals surface area contributed by atoms with Crippen molar-refractivity contribution < 1.29 is 9.84 Å². The molecule has 1 rings (SSSR count). The second-order valence-electron chi connectivity index (χ2n) is 5.35. The molecule has 102 valence electrons. The lowest BCUT2D eigenvalue weighted by Gasteiger charge is -2.26. The number of ether oxygens (including phenoxy) is 1. The Balaban J connectivity index is 2.34. The van der Waals surface area contributed by atoms with E-state index in [0.717, 1.165) is 17.7 Å². The van der Waals surface area contributed by atoms with Gasteiger partial charge in [0.05, 0.1) is 0 Å². The van der Waals surface area contributed by atoms with Gasteiger partial charge in [0.25, 0.3) is 0 Å². The Labute approximate surface area is 110 Å². The molecule has 0 saturated heterocycles. The van der Waals surface area contributed by atoms with E-state index in [1.165, 1.54) is 0 Å². The maximum atomic E-state index is 9.87. The summed E-state index contributed by atoms with van der Waals surface area (Å²) >= 11 is 0. The summed E-state index contributed by atoms with van der Waals surface area (Å²) in [6.07, 6.45) is 0.536. The molecule has 0 aliphatic heterocycles. The van der Waals surface area contributed by atoms with Crippen LogP contribution in [0.25, 0.3) is 0 Å². The van der Waals surface area contributed by atoms with Gasteiger partial charge in [-0.1, -0.05) is 25.1 Å². The zero-order valence-electron chi connectivity index (χ0n) is 11.9. The SMILES string of the molecule is CCC(C)(C)NCC(O)COc1ccccc1C. The van der Waals surface area contributed by atoms with Crippen molar-refractivity contribution in [2.24, 2.45) is 0 Å². The molecule has 0 aliphatic rings. The fourth-order valence-electron chi connectivity index (χ4n) is 1.48. The molecular formula is C15H25NO2. The van der Waals surface area contributed by atoms with Crippen LogP contribution in [0.3, 0.4) is 0 Å². The van der Waals surface area contributed by atoms with Crippen molar-refractivity contribution in [3.8, 4) is 5.75 Å². The van der Waals surface area contributed by atoms with Gasteiger partial charge < -0.3 is 15.2 Å². The number of aryl methyl sites for hydroxylation is 1. The molecule has 1 aromatic rings. The van der Waals surface area contributed by atoms with Crippen LogP contribution in [-0.4, -0.2) is 29.9 Å². The van der Waals surface area contributed by atoms with Crippen molar-refractivity contribution in [3.63, 3.8) is 0 Å². The molecule has 0 heterocycles. The van der Waals surface area contributed by atoms with E-state index in [9.17, 15) is 5.11 Å². The Hall–Kier alpha value is -1.06. The zero-order chi connectivity index (χ0) is 13.6. The van der Waals surface area contributed by atoms with E-state index in [2.05, 4.69) is 26.1 Å². The molecule has 3 heteroatoms. The summed E-state index contributed by atoms with van der Waals surface area (Å²) in [5, 5.41) is 13.2. The lowest BCUT2D eigenvalue weighted by atomic mass is 10.0. The second kappa shape index (κ2) is 6.76. The van der Waals surface area contributed by atoms with Gasteiger partial charge in [0, 0.05) is 12.1 Å². The minimum atomic E-state index is -0.490. The number of benzene rings is 1. The van der Waals surface area contributed by atoms with Crippen molar-refractivity contribution in [2.45, 2.75) is 45.8 Å². The highest BCUT2D eigenvalue weighted by molar-refractivity contribution is 5.31. The second-order valence-corrected chi connectivity index (χ2v) is 5.35. The molecule has 0 amide bonds. The van der Waals surface area contributed by atoms with Gasteiger partial charge in [0.2, 0.25) is 0 Å². The molecule has 2 N–H and O–H groups in total. The zero-order valence-corrected chi connectivity index (χ0v) is 11.9. The minimum Gasteiger partial charge on any atom is -0.491 e. The third-order valence-electron chi connectivity index (χ3n) is 3.22. The highest BCUT2D eigenvalue weighted by Gasteiger charge is 2.16. The van der Waals surface area contributed by atoms with Gasteiger partial charge in [-0.15, -0.1) is 0 Å². The van der Waals surface area contributed by atoms with Crippen LogP contribution in [0.15, 0.2) is 24.3 Å². The highest BCUT2D eigenvalue weighted by Crippen LogP contribution is 2.16. The summed E-state index contributed by atoms with van der Waals surface area (Å²) in [6, 6.07) is 7.84. The third kappa shape index (κ3) is 5.07. The predicted molar refractivity (Wildman–Crippen MR) is 75.1 cm³/mol. The number of β-amino-alcohol motifs (C(OH)–C–C–N with tert-alkyl or cyclic N) is 1. The van der Waals surface area contributed by atoms with Crippen LogP contribution >= 0.6 is 0 Å². The lowest BCUT2D eigenvalue weighted by molar-refractivity contribution is 0.0982. The summed E-state index contributed by atoms with van der Waals surface area (Å²) in [6.45, 7) is 9.25. The van der Waals surface area contributed by atoms with Crippen molar-refractivity contribution >= 4 is 0 Å². The molecular weight excluding hydrogens is 226 g/mol. The van der Waals surface area contributed by atoms with Crippen LogP contribution in [0.1, 0.15) is 32.8 Å². The van der Waals surface area contributed by atoms with Gasteiger partial charge in [-0.2, -0.15) is 0 Å². The van der Waals surface area contributed by atoms with E-state index in [1.54, 1.807) is 0 Å². The largest absolute Gasteiger partial charge is 0.491 e. The fraction of sp³-hybridized carbons (Fsp3) is 0.600. The number of rotatable bonds is 7. The van der Waals surface area contributed by atoms with Crippen molar-refractivity contribution in [2.75, 3.05) is 13.2 Å². The molecule has 0 aromatic heterocycles. The average molecular weight is 251 g/mol. The number of nitrogens with one attached hydrogen (secondary N) is 1. The van der Waals surface area contributed by atoms with Crippen LogP contribution < -0.4 is 10.1 Å². The Morgan fingerprint density at radius 2 is 2.00 bits per heavy atom. The Bertz CT molecular complexity index is 363. The van der Waals surface area contributed by atoms with E-state index in [-0.39, 0.29) is 5.54 Å². The van der Waals surface area contributed by atoms with E-state index in [1.807, 2.05) is 31.2 Å². The standard InChI is InChI=1S/C15H25NO2/c1-5-15(3,4)16-10-13(17)11-18-14-9-7-6-8-12(14)2/h6-9,13,16-17H,5,10-11H2,1-4H3. The first-order chi connectivity index (χ1) is 8.44. The quantitative estimate of drug-likeness (QED) is 0.782. The molecule has 1 atom stereocenters. The molecule has 0 fully saturated rings. The van der Waals surface area contributed by atoms with Gasteiger partial charge in [0.15, 0.2) is 0 Å². The van der Waals surface area contributed by atoms with Gasteiger partial charge >= 0.3 is 0 Å². The monoisotopic (exact) mass is 251 g/mol. The molecule has 0 spiro atoms. The Morgan fingerprint density at radius 3 is 2.61 bits per heavy atom. The summed E-state index contributed by atoms with van der Waals surface area (Å²) in [5.41, 5.74) is 1.15. The lowest BCUT2D eigenvalue weighted by Crippen LogP contribution is -2.44. The molecule has 0 aliphatic carbocycles. The predicted octanol–water partition coefficient (Wildman–Crippen LogP) is 2.51. The van der Waals surface area contributed by atoms with E-state index in [0.29, 0.717) is 13.2 Å². The number of hydrogen-bond donors (Lipinski definition) is 2. The first-order valence-corrected chi connectivity index (χ1v) is 6.56. The topological polar surface area (TPSA) is 41.5 Å². The van der Waals surface area contributed by atoms with E-state index < -0.39 is 6.10 Å². The average Bonchev–Trinajstić information content (AvgIpc) is 2.35. The maximum Gasteiger partial charge on any atom is 0.122 e. The van der Waals surface area contributed by atoms with Crippen LogP contribution in [0.4, 0.5) is 0 Å². The summed E-state index contributed by atoms with van der Waals surface area (Å²) in [5.74, 6) is 0.839. The van der Waals surface area contributed by atoms with Crippen LogP contribution in [-0.2, 0) is 0 Å². The van der Waals surface area contributed by atoms with Crippen LogP contribution in [0.2, 0.25) is 0 Å². The van der Waals surface area contributed by atoms with Gasteiger partial charge in [-0.05, 0) is 38.8 Å². The van der Waals surface area contributed by atoms with Gasteiger partial charge in [-0.25, -0.2) is 0 Å². The van der Waals surface area contributed by atoms with E-state index in [4.69, 9.17) is 4.74 Å². The van der Waals surface area contributed by atoms with Crippen LogP contribution in [0.5, 0.6) is 5.75 Å². The smallest absolute Gasteiger partial charge is 0.122 e. The number of para-hydroxylation sites is 1. The number of aliphatic hydroxyl groups is 1. The van der Waals surface area contributed by atoms with Gasteiger partial charge in [0.1, 0.15) is 18.5 Å². The fourth-order valence-corrected chi connectivity index (χ4v) is 1.48. The van der Waals surface area contributed by atoms with Crippen molar-refractivity contribution in [1.82, 2.24) is 5.32 Å². The molecule has 1 aromatic carbocycles. The number of aliphatic hydroxyl groups excluding tert-OH is 1. The maximum absolute atomic E-state index is 9.87. The van der Waals surface area contributed by atoms with Crippen molar-refractivity contribution in [3.05, 3.63) is 29.8 Å². The Morgan fingerprint density at radius 1 is 1.33 bits per heavy atom. The summed E-state index contributed by atoms with van der Waals surface area (Å²) in [4.78, 5) is 0. The normalized spacial score (nSPS) is 13.4. The summed E-state index contributed by atoms with van der Waals surface area (Å²) < 4.78 is 5.61. The Kier molecular flexibility index (Phi) is 5.63. The minimum absolute atomic E-state index is 0.0592. The number of hydrogen-bond acceptors (Lipinski definition) is 3. The van der Waals surface area contributed by atoms with E-state index >= 15 is 0 Å². The first-order valence-electron chi connectivity index (χ1n) is 6.56. The van der Waals surface area contributed by atoms with Gasteiger partial charge in [-0.3, -0.25) is 0 Å². The summed E-state index contributed by atoms with van der Waals surface area (Å²) in [7, 11) is 0. The molecule has 0 saturated carbocycles. The van der Waals surface area contributed by atoms with Crippen LogP contribution in [0, 0.1) is 6.92 Å².